The van der Waals surface area contributed by atoms with E-state index in [4.69, 9.17) is 0 Å². The summed E-state index contributed by atoms with van der Waals surface area (Å²) in [4.78, 5) is 13.2. The Kier molecular flexibility index (Phi) is 3.48. The third kappa shape index (κ3) is 1.78. The van der Waals surface area contributed by atoms with Gasteiger partial charge in [0.25, 0.3) is 0 Å². The molecule has 136 valence electrons. The van der Waals surface area contributed by atoms with Crippen LogP contribution in [0.15, 0.2) is 4.79 Å². The van der Waals surface area contributed by atoms with Gasteiger partial charge < -0.3 is 4.57 Å². The molecule has 0 amide bonds. The minimum atomic E-state index is -0.0988. The Morgan fingerprint density at radius 1 is 0.720 bits per heavy atom. The van der Waals surface area contributed by atoms with Crippen LogP contribution in [-0.2, 0) is 11.0 Å². The largest absolute Gasteiger partial charge is 0.338 e. The van der Waals surface area contributed by atoms with Crippen LogP contribution in [0.2, 0.25) is 0 Å². The van der Waals surface area contributed by atoms with E-state index in [0.29, 0.717) is 0 Å². The molecule has 0 N–H and O–H groups in total. The summed E-state index contributed by atoms with van der Waals surface area (Å²) < 4.78 is 2.47. The first kappa shape index (κ1) is 18.2. The van der Waals surface area contributed by atoms with Gasteiger partial charge in [-0.05, 0) is 81.5 Å². The maximum Gasteiger partial charge on any atom is 0.192 e. The molecule has 0 bridgehead atoms. The molecular formula is C23H33NO. The molecular weight excluding hydrogens is 306 g/mol. The van der Waals surface area contributed by atoms with Crippen molar-refractivity contribution >= 4 is 10.9 Å². The van der Waals surface area contributed by atoms with E-state index in [2.05, 4.69) is 73.8 Å². The van der Waals surface area contributed by atoms with Crippen molar-refractivity contribution in [3.63, 3.8) is 0 Å². The molecule has 2 nitrogen and oxygen atoms in total. The highest BCUT2D eigenvalue weighted by atomic mass is 16.1. The number of hydrogen-bond donors (Lipinski definition) is 0. The average molecular weight is 340 g/mol. The van der Waals surface area contributed by atoms with E-state index >= 15 is 0 Å². The number of aromatic nitrogens is 1. The maximum absolute atomic E-state index is 13.2. The Labute approximate surface area is 152 Å². The van der Waals surface area contributed by atoms with Crippen molar-refractivity contribution < 1.29 is 0 Å². The fraction of sp³-hybridized carbons (Fsp3) is 0.609. The molecule has 0 unspecified atom stereocenters. The lowest BCUT2D eigenvalue weighted by atomic mass is 9.52. The zero-order valence-corrected chi connectivity index (χ0v) is 17.9. The van der Waals surface area contributed by atoms with E-state index in [1.54, 1.807) is 0 Å². The SMILES string of the molecule is Cc1c(C)c2c3c(c1C)c(=O)c(C)c(C)n3C(C)(C)C(C)(C)C2(C)C. The number of nitrogens with zero attached hydrogens (tertiary/aromatic N) is 1. The van der Waals surface area contributed by atoms with Crippen LogP contribution in [0.25, 0.3) is 10.9 Å². The number of aryl methyl sites for hydroxylation is 1. The molecule has 2 heteroatoms. The van der Waals surface area contributed by atoms with Crippen LogP contribution in [0.1, 0.15) is 75.1 Å². The second-order valence-corrected chi connectivity index (χ2v) is 9.66. The minimum absolute atomic E-state index is 0.0264. The van der Waals surface area contributed by atoms with Crippen LogP contribution in [0.3, 0.4) is 0 Å². The molecule has 1 aromatic carbocycles. The summed E-state index contributed by atoms with van der Waals surface area (Å²) in [5, 5.41) is 0.929. The van der Waals surface area contributed by atoms with E-state index in [9.17, 15) is 4.79 Å². The quantitative estimate of drug-likeness (QED) is 0.612. The van der Waals surface area contributed by atoms with Crippen LogP contribution in [0.4, 0.5) is 0 Å². The van der Waals surface area contributed by atoms with Gasteiger partial charge in [0.05, 0.1) is 5.52 Å². The zero-order valence-electron chi connectivity index (χ0n) is 17.9. The van der Waals surface area contributed by atoms with Gasteiger partial charge in [0.2, 0.25) is 0 Å². The first-order valence-electron chi connectivity index (χ1n) is 9.37. The molecule has 2 aromatic rings. The molecule has 2 heterocycles. The molecule has 0 saturated heterocycles. The lowest BCUT2D eigenvalue weighted by molar-refractivity contribution is 0.0300. The standard InChI is InChI=1S/C23H33NO/c1-12-13(2)17-19-18(14(12)3)21(6,7)22(8,9)23(10,11)24(19)16(5)15(4)20(17)25/h1-11H3. The summed E-state index contributed by atoms with van der Waals surface area (Å²) >= 11 is 0. The average Bonchev–Trinajstić information content (AvgIpc) is 2.48. The van der Waals surface area contributed by atoms with Crippen LogP contribution in [0, 0.1) is 40.0 Å². The van der Waals surface area contributed by atoms with Crippen molar-refractivity contribution in [1.29, 1.82) is 0 Å². The van der Waals surface area contributed by atoms with Crippen LogP contribution in [-0.4, -0.2) is 4.57 Å². The van der Waals surface area contributed by atoms with Gasteiger partial charge in [0, 0.05) is 22.2 Å². The van der Waals surface area contributed by atoms with Crippen LogP contribution < -0.4 is 5.43 Å². The van der Waals surface area contributed by atoms with Crippen LogP contribution in [0.5, 0.6) is 0 Å². The third-order valence-electron chi connectivity index (χ3n) is 8.29. The van der Waals surface area contributed by atoms with Gasteiger partial charge in [-0.25, -0.2) is 0 Å². The Morgan fingerprint density at radius 2 is 1.24 bits per heavy atom. The number of benzene rings is 1. The monoisotopic (exact) mass is 339 g/mol. The highest BCUT2D eigenvalue weighted by molar-refractivity contribution is 5.91. The van der Waals surface area contributed by atoms with E-state index in [1.807, 2.05) is 6.92 Å². The van der Waals surface area contributed by atoms with Gasteiger partial charge in [-0.15, -0.1) is 0 Å². The predicted octanol–water partition coefficient (Wildman–Crippen LogP) is 5.60. The van der Waals surface area contributed by atoms with E-state index in [-0.39, 0.29) is 21.8 Å². The van der Waals surface area contributed by atoms with Crippen LogP contribution >= 0.6 is 0 Å². The second kappa shape index (κ2) is 4.78. The lowest BCUT2D eigenvalue weighted by Gasteiger charge is -2.58. The summed E-state index contributed by atoms with van der Waals surface area (Å²) in [6, 6.07) is 0. The molecule has 1 aliphatic rings. The van der Waals surface area contributed by atoms with Crippen molar-refractivity contribution in [1.82, 2.24) is 4.57 Å². The second-order valence-electron chi connectivity index (χ2n) is 9.66. The minimum Gasteiger partial charge on any atom is -0.338 e. The van der Waals surface area contributed by atoms with Crippen molar-refractivity contribution in [2.75, 3.05) is 0 Å². The molecule has 0 radical (unpaired) electrons. The fourth-order valence-electron chi connectivity index (χ4n) is 5.15. The van der Waals surface area contributed by atoms with E-state index in [0.717, 1.165) is 22.2 Å². The highest BCUT2D eigenvalue weighted by Gasteiger charge is 2.55. The van der Waals surface area contributed by atoms with Crippen molar-refractivity contribution in [2.24, 2.45) is 5.41 Å². The number of pyridine rings is 1. The topological polar surface area (TPSA) is 22.0 Å². The first-order chi connectivity index (χ1) is 11.2. The number of rotatable bonds is 0. The molecule has 0 fully saturated rings. The normalized spacial score (nSPS) is 20.1. The molecule has 0 spiro atoms. The molecule has 0 saturated carbocycles. The molecule has 0 aliphatic carbocycles. The van der Waals surface area contributed by atoms with Crippen molar-refractivity contribution in [2.45, 2.75) is 87.1 Å². The van der Waals surface area contributed by atoms with Gasteiger partial charge in [0.15, 0.2) is 5.43 Å². The summed E-state index contributed by atoms with van der Waals surface area (Å²) in [7, 11) is 0. The van der Waals surface area contributed by atoms with Crippen molar-refractivity contribution in [3.05, 3.63) is 43.7 Å². The molecule has 25 heavy (non-hydrogen) atoms. The third-order valence-corrected chi connectivity index (χ3v) is 8.29. The lowest BCUT2D eigenvalue weighted by Crippen LogP contribution is -2.57. The highest BCUT2D eigenvalue weighted by Crippen LogP contribution is 2.58. The number of hydrogen-bond acceptors (Lipinski definition) is 1. The molecule has 0 atom stereocenters. The Morgan fingerprint density at radius 3 is 1.76 bits per heavy atom. The summed E-state index contributed by atoms with van der Waals surface area (Å²) in [6.45, 7) is 24.7. The molecule has 3 rings (SSSR count). The zero-order chi connectivity index (χ0) is 19.3. The smallest absolute Gasteiger partial charge is 0.192 e. The van der Waals surface area contributed by atoms with Gasteiger partial charge in [-0.3, -0.25) is 4.79 Å². The van der Waals surface area contributed by atoms with E-state index in [1.165, 1.54) is 22.2 Å². The van der Waals surface area contributed by atoms with E-state index < -0.39 is 0 Å². The summed E-state index contributed by atoms with van der Waals surface area (Å²) in [6.07, 6.45) is 0. The summed E-state index contributed by atoms with van der Waals surface area (Å²) in [5.41, 5.74) is 8.36. The Balaban J connectivity index is 2.84. The molecule has 1 aromatic heterocycles. The van der Waals surface area contributed by atoms with Gasteiger partial charge in [-0.2, -0.15) is 0 Å². The predicted molar refractivity (Wildman–Crippen MR) is 108 cm³/mol. The molecule has 1 aliphatic heterocycles. The van der Waals surface area contributed by atoms with Gasteiger partial charge >= 0.3 is 0 Å². The van der Waals surface area contributed by atoms with Gasteiger partial charge in [0.1, 0.15) is 0 Å². The first-order valence-corrected chi connectivity index (χ1v) is 9.37. The summed E-state index contributed by atoms with van der Waals surface area (Å²) in [5.74, 6) is 0. The Bertz CT molecular complexity index is 960. The van der Waals surface area contributed by atoms with Crippen molar-refractivity contribution in [3.8, 4) is 0 Å². The maximum atomic E-state index is 13.2. The fourth-order valence-corrected chi connectivity index (χ4v) is 5.15. The van der Waals surface area contributed by atoms with Gasteiger partial charge in [-0.1, -0.05) is 27.7 Å². The Hall–Kier alpha value is -1.57.